The molecule has 0 saturated carbocycles. The summed E-state index contributed by atoms with van der Waals surface area (Å²) in [6.07, 6.45) is -6.38. The van der Waals surface area contributed by atoms with E-state index in [9.17, 15) is 29.1 Å². The highest BCUT2D eigenvalue weighted by atomic mass is 19.1. The molecule has 13 atom stereocenters. The number of halogens is 1. The number of nitrogens with one attached hydrogen (secondary N) is 1. The minimum absolute atomic E-state index is 0.0234. The minimum atomic E-state index is -3.22. The highest BCUT2D eigenvalue weighted by molar-refractivity contribution is 6.08. The number of aliphatic hydroxyl groups is 1. The van der Waals surface area contributed by atoms with Crippen LogP contribution in [0.3, 0.4) is 0 Å². The van der Waals surface area contributed by atoms with Gasteiger partial charge in [-0.25, -0.2) is 18.8 Å². The van der Waals surface area contributed by atoms with Crippen LogP contribution in [0.5, 0.6) is 5.75 Å². The zero-order chi connectivity index (χ0) is 44.9. The molecule has 3 heterocycles. The molecule has 0 radical (unpaired) electrons. The number of benzene rings is 1. The predicted octanol–water partition coefficient (Wildman–Crippen LogP) is 5.32. The molecule has 2 amide bonds. The van der Waals surface area contributed by atoms with Gasteiger partial charge in [0.1, 0.15) is 23.7 Å². The summed E-state index contributed by atoms with van der Waals surface area (Å²) >= 11 is 0. The van der Waals surface area contributed by atoms with E-state index in [0.29, 0.717) is 24.5 Å². The second-order valence-corrected chi connectivity index (χ2v) is 17.2. The first-order valence-corrected chi connectivity index (χ1v) is 20.9. The number of carbonyl (C=O) groups excluding carboxylic acids is 5. The summed E-state index contributed by atoms with van der Waals surface area (Å²) in [4.78, 5) is 72.3. The molecule has 2 N–H and O–H groups in total. The lowest BCUT2D eigenvalue weighted by atomic mass is 9.73. The Morgan fingerprint density at radius 2 is 1.68 bits per heavy atom. The Morgan fingerprint density at radius 1 is 1.03 bits per heavy atom. The number of rotatable bonds is 12. The van der Waals surface area contributed by atoms with E-state index in [-0.39, 0.29) is 50.3 Å². The van der Waals surface area contributed by atoms with E-state index in [1.807, 2.05) is 32.8 Å². The molecule has 4 rings (SSSR count). The van der Waals surface area contributed by atoms with E-state index in [0.717, 1.165) is 6.92 Å². The molecule has 0 unspecified atom stereocenters. The van der Waals surface area contributed by atoms with Gasteiger partial charge in [-0.15, -0.1) is 0 Å². The summed E-state index contributed by atoms with van der Waals surface area (Å²) in [6.45, 7) is 14.4. The van der Waals surface area contributed by atoms with Crippen molar-refractivity contribution in [3.63, 3.8) is 0 Å². The SMILES string of the molecule is CCOc1ccc(NC(=O)OCCCN2C(=O)O[C@]3(C)[C@@H](CC)OC(=O)[C@@](C)(F)C(=O)[C@H](C)[C@@H](O[C@@H]4O[C@H](C)C[C@H](N(C)C)[C@H]4O)[C@](C)(OC)C[C@@H](C)C(=O)[C@H](C)[C@@H]23)cc1. The van der Waals surface area contributed by atoms with Gasteiger partial charge < -0.3 is 48.1 Å². The fourth-order valence-electron chi connectivity index (χ4n) is 9.07. The molecule has 1 aromatic rings. The molecular weight excluding hydrogens is 785 g/mol. The number of hydrogen-bond donors (Lipinski definition) is 2. The number of fused-ring (bicyclic) bond motifs is 1. The predicted molar refractivity (Wildman–Crippen MR) is 217 cm³/mol. The minimum Gasteiger partial charge on any atom is -0.494 e. The van der Waals surface area contributed by atoms with E-state index in [4.69, 9.17) is 33.2 Å². The molecule has 17 heteroatoms. The van der Waals surface area contributed by atoms with Crippen LogP contribution in [0.2, 0.25) is 0 Å². The standard InChI is InChI=1S/C43H66FN3O13/c1-13-31-43(9)34(47(40(53)60-43)20-15-21-56-39(52)45-28-16-18-29(19-17-28)55-14-2)26(5)32(48)24(3)23-41(7,54-12)36(27(6)35(50)42(8,44)38(51)58-31)59-37-33(49)30(46(10)11)22-25(4)57-37/h16-19,24-27,30-31,33-34,36-37,49H,13-15,20-23H2,1-12H3,(H,45,52)/t24-,25-,26+,27+,30+,31-,33-,34-,36-,37+,41-,42+,43-/m1/s1. The number of esters is 1. The van der Waals surface area contributed by atoms with E-state index in [2.05, 4.69) is 5.32 Å². The van der Waals surface area contributed by atoms with Crippen LogP contribution in [0, 0.1) is 17.8 Å². The summed E-state index contributed by atoms with van der Waals surface area (Å²) in [7, 11) is 4.99. The molecule has 3 aliphatic rings. The lowest BCUT2D eigenvalue weighted by molar-refractivity contribution is -0.295. The van der Waals surface area contributed by atoms with Crippen molar-refractivity contribution in [2.45, 2.75) is 148 Å². The summed E-state index contributed by atoms with van der Waals surface area (Å²) in [5, 5.41) is 14.0. The number of alkyl halides is 1. The number of anilines is 1. The van der Waals surface area contributed by atoms with Crippen molar-refractivity contribution in [1.29, 1.82) is 0 Å². The number of amides is 2. The normalized spacial score (nSPS) is 36.9. The van der Waals surface area contributed by atoms with Crippen LogP contribution in [0.15, 0.2) is 24.3 Å². The number of Topliss-reactive ketones (excluding diaryl/α,β-unsaturated/α-hetero) is 2. The highest BCUT2D eigenvalue weighted by Gasteiger charge is 2.61. The molecule has 3 saturated heterocycles. The first kappa shape index (κ1) is 48.8. The Bertz CT molecular complexity index is 1680. The molecule has 0 aliphatic carbocycles. The van der Waals surface area contributed by atoms with Crippen LogP contribution >= 0.6 is 0 Å². The number of methoxy groups -OCH3 is 1. The quantitative estimate of drug-likeness (QED) is 0.119. The van der Waals surface area contributed by atoms with Gasteiger partial charge in [0.15, 0.2) is 17.7 Å². The first-order chi connectivity index (χ1) is 28.1. The van der Waals surface area contributed by atoms with Crippen LogP contribution < -0.4 is 10.1 Å². The summed E-state index contributed by atoms with van der Waals surface area (Å²) in [6, 6.07) is 5.31. The zero-order valence-electron chi connectivity index (χ0n) is 37.2. The molecule has 0 aromatic heterocycles. The molecule has 0 bridgehead atoms. The van der Waals surface area contributed by atoms with Crippen LogP contribution in [0.1, 0.15) is 88.0 Å². The maximum Gasteiger partial charge on any atom is 0.411 e. The van der Waals surface area contributed by atoms with Gasteiger partial charge in [-0.2, -0.15) is 0 Å². The van der Waals surface area contributed by atoms with Gasteiger partial charge in [0.25, 0.3) is 5.67 Å². The summed E-state index contributed by atoms with van der Waals surface area (Å²) in [5.74, 6) is -5.48. The van der Waals surface area contributed by atoms with Gasteiger partial charge in [0.2, 0.25) is 0 Å². The first-order valence-electron chi connectivity index (χ1n) is 20.9. The average molecular weight is 852 g/mol. The van der Waals surface area contributed by atoms with Gasteiger partial charge in [-0.3, -0.25) is 14.9 Å². The second-order valence-electron chi connectivity index (χ2n) is 17.2. The van der Waals surface area contributed by atoms with Crippen molar-refractivity contribution < 1.29 is 66.6 Å². The fourth-order valence-corrected chi connectivity index (χ4v) is 9.07. The van der Waals surface area contributed by atoms with Crippen molar-refractivity contribution >= 4 is 35.4 Å². The molecule has 3 fully saturated rings. The third-order valence-corrected chi connectivity index (χ3v) is 12.4. The number of aliphatic hydroxyl groups excluding tert-OH is 1. The number of hydrogen-bond acceptors (Lipinski definition) is 14. The summed E-state index contributed by atoms with van der Waals surface area (Å²) < 4.78 is 58.0. The Labute approximate surface area is 353 Å². The second kappa shape index (κ2) is 19.9. The van der Waals surface area contributed by atoms with Crippen LogP contribution in [0.4, 0.5) is 19.7 Å². The number of ketones is 2. The average Bonchev–Trinajstić information content (AvgIpc) is 3.46. The Hall–Kier alpha value is -3.90. The van der Waals surface area contributed by atoms with Crippen molar-refractivity contribution in [2.24, 2.45) is 17.8 Å². The van der Waals surface area contributed by atoms with E-state index < -0.39 is 89.2 Å². The maximum atomic E-state index is 16.9. The van der Waals surface area contributed by atoms with Gasteiger partial charge in [0, 0.05) is 43.1 Å². The molecule has 3 aliphatic heterocycles. The lowest BCUT2D eigenvalue weighted by Gasteiger charge is -2.47. The third kappa shape index (κ3) is 10.4. The fraction of sp³-hybridized carbons (Fsp3) is 0.744. The van der Waals surface area contributed by atoms with Crippen molar-refractivity contribution in [1.82, 2.24) is 9.80 Å². The van der Waals surface area contributed by atoms with Crippen molar-refractivity contribution in [3.8, 4) is 5.75 Å². The van der Waals surface area contributed by atoms with Crippen molar-refractivity contribution in [3.05, 3.63) is 24.3 Å². The molecule has 0 spiro atoms. The third-order valence-electron chi connectivity index (χ3n) is 12.4. The monoisotopic (exact) mass is 851 g/mol. The number of carbonyl (C=O) groups is 5. The molecule has 60 heavy (non-hydrogen) atoms. The van der Waals surface area contributed by atoms with Gasteiger partial charge >= 0.3 is 18.2 Å². The topological polar surface area (TPSA) is 189 Å². The molecular formula is C43H66FN3O13. The number of ether oxygens (including phenoxy) is 7. The van der Waals surface area contributed by atoms with E-state index in [1.54, 1.807) is 52.0 Å². The van der Waals surface area contributed by atoms with Gasteiger partial charge in [0.05, 0.1) is 37.1 Å². The number of nitrogens with zero attached hydrogens (tertiary/aromatic N) is 2. The largest absolute Gasteiger partial charge is 0.494 e. The number of cyclic esters (lactones) is 1. The van der Waals surface area contributed by atoms with Crippen LogP contribution in [-0.4, -0.2) is 145 Å². The van der Waals surface area contributed by atoms with Crippen LogP contribution in [-0.2, 0) is 42.8 Å². The lowest BCUT2D eigenvalue weighted by Crippen LogP contribution is -2.61. The zero-order valence-corrected chi connectivity index (χ0v) is 37.2. The molecule has 338 valence electrons. The molecule has 1 aromatic carbocycles. The van der Waals surface area contributed by atoms with E-state index >= 15 is 4.39 Å². The van der Waals surface area contributed by atoms with Crippen molar-refractivity contribution in [2.75, 3.05) is 46.3 Å². The Balaban J connectivity index is 1.65. The van der Waals surface area contributed by atoms with Gasteiger partial charge in [-0.1, -0.05) is 27.7 Å². The maximum absolute atomic E-state index is 16.9. The summed E-state index contributed by atoms with van der Waals surface area (Å²) in [5.41, 5.74) is -5.91. The number of likely N-dealkylation sites (N-methyl/N-ethyl adjacent to an activating group) is 1. The van der Waals surface area contributed by atoms with E-state index in [1.165, 1.54) is 25.9 Å². The van der Waals surface area contributed by atoms with Gasteiger partial charge in [-0.05, 0) is 98.7 Å². The smallest absolute Gasteiger partial charge is 0.411 e. The highest BCUT2D eigenvalue weighted by Crippen LogP contribution is 2.43. The Morgan fingerprint density at radius 3 is 2.27 bits per heavy atom. The van der Waals surface area contributed by atoms with Crippen LogP contribution in [0.25, 0.3) is 0 Å². The molecule has 16 nitrogen and oxygen atoms in total. The Kier molecular flexibility index (Phi) is 16.1.